The Kier molecular flexibility index (Phi) is 7.83. The first-order valence-electron chi connectivity index (χ1n) is 8.16. The fourth-order valence-corrected chi connectivity index (χ4v) is 2.76. The van der Waals surface area contributed by atoms with E-state index in [4.69, 9.17) is 27.9 Å². The summed E-state index contributed by atoms with van der Waals surface area (Å²) in [5.41, 5.74) is 1.74. The molecule has 2 aromatic rings. The van der Waals surface area contributed by atoms with Gasteiger partial charge in [-0.2, -0.15) is 0 Å². The predicted molar refractivity (Wildman–Crippen MR) is 98.4 cm³/mol. The number of hydrogen-bond donors (Lipinski definition) is 1. The molecule has 0 bridgehead atoms. The molecule has 0 amide bonds. The molecule has 24 heavy (non-hydrogen) atoms. The molecule has 0 aliphatic heterocycles. The molecule has 0 unspecified atom stereocenters. The van der Waals surface area contributed by atoms with Crippen molar-refractivity contribution < 1.29 is 9.13 Å². The van der Waals surface area contributed by atoms with Crippen molar-refractivity contribution in [2.45, 2.75) is 39.3 Å². The molecule has 130 valence electrons. The number of hydrogen-bond acceptors (Lipinski definition) is 2. The van der Waals surface area contributed by atoms with Gasteiger partial charge in [-0.15, -0.1) is 0 Å². The Balaban J connectivity index is 1.98. The van der Waals surface area contributed by atoms with E-state index >= 15 is 0 Å². The van der Waals surface area contributed by atoms with E-state index in [1.807, 2.05) is 12.1 Å². The summed E-state index contributed by atoms with van der Waals surface area (Å²) in [5, 5.41) is 4.44. The van der Waals surface area contributed by atoms with Crippen LogP contribution in [0.1, 0.15) is 37.3 Å². The third kappa shape index (κ3) is 5.97. The zero-order valence-corrected chi connectivity index (χ0v) is 15.3. The maximum atomic E-state index is 13.1. The first-order valence-corrected chi connectivity index (χ1v) is 8.91. The van der Waals surface area contributed by atoms with Crippen LogP contribution in [-0.2, 0) is 13.2 Å². The maximum Gasteiger partial charge on any atom is 0.124 e. The van der Waals surface area contributed by atoms with Crippen molar-refractivity contribution in [3.05, 3.63) is 63.4 Å². The summed E-state index contributed by atoms with van der Waals surface area (Å²) in [5.74, 6) is 0.398. The maximum absolute atomic E-state index is 13.1. The molecule has 0 fully saturated rings. The Morgan fingerprint density at radius 3 is 2.62 bits per heavy atom. The minimum atomic E-state index is -0.354. The average molecular weight is 370 g/mol. The Labute approximate surface area is 152 Å². The topological polar surface area (TPSA) is 21.3 Å². The van der Waals surface area contributed by atoms with Crippen molar-refractivity contribution in [1.29, 1.82) is 0 Å². The number of ether oxygens (including phenoxy) is 1. The number of benzene rings is 2. The second kappa shape index (κ2) is 9.87. The molecule has 0 saturated heterocycles. The highest BCUT2D eigenvalue weighted by molar-refractivity contribution is 6.31. The second-order valence-electron chi connectivity index (χ2n) is 5.66. The smallest absolute Gasteiger partial charge is 0.124 e. The van der Waals surface area contributed by atoms with Gasteiger partial charge in [-0.3, -0.25) is 0 Å². The van der Waals surface area contributed by atoms with Crippen LogP contribution in [0.5, 0.6) is 5.75 Å². The molecule has 0 heterocycles. The molecule has 0 spiro atoms. The lowest BCUT2D eigenvalue weighted by atomic mass is 10.2. The third-order valence-electron chi connectivity index (χ3n) is 3.69. The summed E-state index contributed by atoms with van der Waals surface area (Å²) >= 11 is 12.1. The van der Waals surface area contributed by atoms with Gasteiger partial charge in [0, 0.05) is 22.7 Å². The average Bonchev–Trinajstić information content (AvgIpc) is 2.55. The quantitative estimate of drug-likeness (QED) is 0.548. The van der Waals surface area contributed by atoms with Gasteiger partial charge >= 0.3 is 0 Å². The van der Waals surface area contributed by atoms with Gasteiger partial charge in [0.15, 0.2) is 0 Å². The molecule has 0 aromatic heterocycles. The molecule has 0 atom stereocenters. The second-order valence-corrected chi connectivity index (χ2v) is 6.50. The summed E-state index contributed by atoms with van der Waals surface area (Å²) in [6.07, 6.45) is 3.57. The lowest BCUT2D eigenvalue weighted by molar-refractivity contribution is 0.302. The highest BCUT2D eigenvalue weighted by Crippen LogP contribution is 2.25. The van der Waals surface area contributed by atoms with Crippen molar-refractivity contribution in [3.63, 3.8) is 0 Å². The number of unbranched alkanes of at least 4 members (excludes halogenated alkanes) is 2. The summed E-state index contributed by atoms with van der Waals surface area (Å²) < 4.78 is 19.0. The molecular formula is C19H22Cl2FNO. The van der Waals surface area contributed by atoms with Crippen LogP contribution in [0.15, 0.2) is 36.4 Å². The van der Waals surface area contributed by atoms with E-state index < -0.39 is 0 Å². The summed E-state index contributed by atoms with van der Waals surface area (Å²) in [4.78, 5) is 0. The first-order chi connectivity index (χ1) is 11.6. The lowest BCUT2D eigenvalue weighted by Gasteiger charge is -2.13. The zero-order valence-electron chi connectivity index (χ0n) is 13.7. The van der Waals surface area contributed by atoms with Crippen LogP contribution >= 0.6 is 23.2 Å². The molecule has 5 heteroatoms. The van der Waals surface area contributed by atoms with Crippen LogP contribution < -0.4 is 10.1 Å². The van der Waals surface area contributed by atoms with Gasteiger partial charge < -0.3 is 10.1 Å². The van der Waals surface area contributed by atoms with Gasteiger partial charge in [0.2, 0.25) is 0 Å². The van der Waals surface area contributed by atoms with E-state index in [-0.39, 0.29) is 12.4 Å². The van der Waals surface area contributed by atoms with Gasteiger partial charge in [-0.25, -0.2) is 4.39 Å². The van der Waals surface area contributed by atoms with E-state index in [1.54, 1.807) is 12.1 Å². The van der Waals surface area contributed by atoms with E-state index in [2.05, 4.69) is 12.2 Å². The lowest BCUT2D eigenvalue weighted by Crippen LogP contribution is -2.15. The molecule has 0 aliphatic rings. The normalized spacial score (nSPS) is 10.8. The molecule has 0 aliphatic carbocycles. The van der Waals surface area contributed by atoms with Crippen molar-refractivity contribution >= 4 is 23.2 Å². The molecule has 2 aromatic carbocycles. The van der Waals surface area contributed by atoms with Crippen LogP contribution in [-0.4, -0.2) is 6.54 Å². The fourth-order valence-electron chi connectivity index (χ4n) is 2.34. The van der Waals surface area contributed by atoms with E-state index in [0.29, 0.717) is 16.6 Å². The van der Waals surface area contributed by atoms with Crippen LogP contribution in [0.2, 0.25) is 10.0 Å². The van der Waals surface area contributed by atoms with Crippen LogP contribution in [0.25, 0.3) is 0 Å². The SMILES string of the molecule is CCCCCNCc1cc(Cl)ccc1OCc1ccc(F)cc1Cl. The van der Waals surface area contributed by atoms with Crippen LogP contribution in [0, 0.1) is 5.82 Å². The first kappa shape index (κ1) is 19.0. The number of rotatable bonds is 9. The molecule has 2 nitrogen and oxygen atoms in total. The Bertz CT molecular complexity index is 664. The summed E-state index contributed by atoms with van der Waals surface area (Å²) in [6, 6.07) is 9.85. The molecule has 1 N–H and O–H groups in total. The fraction of sp³-hybridized carbons (Fsp3) is 0.368. The highest BCUT2D eigenvalue weighted by atomic mass is 35.5. The predicted octanol–water partition coefficient (Wildman–Crippen LogP) is 5.99. The van der Waals surface area contributed by atoms with E-state index in [1.165, 1.54) is 25.0 Å². The van der Waals surface area contributed by atoms with Crippen molar-refractivity contribution in [2.24, 2.45) is 0 Å². The summed E-state index contributed by atoms with van der Waals surface area (Å²) in [6.45, 7) is 4.12. The van der Waals surface area contributed by atoms with Crippen LogP contribution in [0.3, 0.4) is 0 Å². The van der Waals surface area contributed by atoms with Crippen LogP contribution in [0.4, 0.5) is 4.39 Å². The van der Waals surface area contributed by atoms with Gasteiger partial charge in [0.25, 0.3) is 0 Å². The molecule has 0 saturated carbocycles. The van der Waals surface area contributed by atoms with Gasteiger partial charge in [0.1, 0.15) is 18.2 Å². The van der Waals surface area contributed by atoms with E-state index in [0.717, 1.165) is 29.8 Å². The highest BCUT2D eigenvalue weighted by Gasteiger charge is 2.08. The zero-order chi connectivity index (χ0) is 17.4. The van der Waals surface area contributed by atoms with Crippen molar-refractivity contribution in [2.75, 3.05) is 6.54 Å². The summed E-state index contributed by atoms with van der Waals surface area (Å²) in [7, 11) is 0. The number of halogens is 3. The molecule has 0 radical (unpaired) electrons. The van der Waals surface area contributed by atoms with Gasteiger partial charge in [-0.05, 0) is 43.3 Å². The minimum Gasteiger partial charge on any atom is -0.489 e. The minimum absolute atomic E-state index is 0.281. The van der Waals surface area contributed by atoms with Gasteiger partial charge in [0.05, 0.1) is 5.02 Å². The Morgan fingerprint density at radius 1 is 1.04 bits per heavy atom. The molecule has 2 rings (SSSR count). The Morgan fingerprint density at radius 2 is 1.88 bits per heavy atom. The largest absolute Gasteiger partial charge is 0.489 e. The monoisotopic (exact) mass is 369 g/mol. The van der Waals surface area contributed by atoms with Crippen molar-refractivity contribution in [3.8, 4) is 5.75 Å². The Hall–Kier alpha value is -1.29. The van der Waals surface area contributed by atoms with Crippen molar-refractivity contribution in [1.82, 2.24) is 5.32 Å². The van der Waals surface area contributed by atoms with Gasteiger partial charge in [-0.1, -0.05) is 49.0 Å². The third-order valence-corrected chi connectivity index (χ3v) is 4.28. The van der Waals surface area contributed by atoms with E-state index in [9.17, 15) is 4.39 Å². The number of nitrogens with one attached hydrogen (secondary N) is 1. The standard InChI is InChI=1S/C19H22Cl2FNO/c1-2-3-4-9-23-12-15-10-16(20)6-8-19(15)24-13-14-5-7-17(22)11-18(14)21/h5-8,10-11,23H,2-4,9,12-13H2,1H3. The molecular weight excluding hydrogens is 348 g/mol.